The molecule has 3 nitrogen and oxygen atoms in total. The number of rotatable bonds is 5. The third kappa shape index (κ3) is 4.07. The molecule has 18 heavy (non-hydrogen) atoms. The van der Waals surface area contributed by atoms with Gasteiger partial charge in [-0.25, -0.2) is 0 Å². The van der Waals surface area contributed by atoms with E-state index < -0.39 is 0 Å². The third-order valence-corrected chi connectivity index (χ3v) is 4.01. The van der Waals surface area contributed by atoms with E-state index in [1.54, 1.807) is 0 Å². The zero-order chi connectivity index (χ0) is 13.9. The Morgan fingerprint density at radius 3 is 2.33 bits per heavy atom. The Morgan fingerprint density at radius 2 is 1.89 bits per heavy atom. The Morgan fingerprint density at radius 1 is 1.28 bits per heavy atom. The number of hydrogen-bond acceptors (Lipinski definition) is 2. The number of nitrogens with one attached hydrogen (secondary N) is 1. The lowest BCUT2D eigenvalue weighted by molar-refractivity contribution is -0.121. The first-order chi connectivity index (χ1) is 8.32. The van der Waals surface area contributed by atoms with Crippen LogP contribution in [0.25, 0.3) is 0 Å². The Kier molecular flexibility index (Phi) is 5.82. The zero-order valence-electron chi connectivity index (χ0n) is 10.7. The van der Waals surface area contributed by atoms with E-state index in [0.717, 1.165) is 14.5 Å². The number of carbonyl (C=O) groups excluding carboxylic acids is 1. The second-order valence-electron chi connectivity index (χ2n) is 4.68. The van der Waals surface area contributed by atoms with Crippen LogP contribution < -0.4 is 11.1 Å². The number of amides is 1. The largest absolute Gasteiger partial charge is 0.368 e. The first-order valence-electron chi connectivity index (χ1n) is 5.83. The molecule has 0 aromatic heterocycles. The Hall–Kier alpha value is -0.390. The predicted octanol–water partition coefficient (Wildman–Crippen LogP) is 3.37. The summed E-state index contributed by atoms with van der Waals surface area (Å²) in [5.41, 5.74) is 6.51. The molecule has 0 heterocycles. The van der Waals surface area contributed by atoms with Crippen molar-refractivity contribution in [2.75, 3.05) is 0 Å². The molecular weight excluding hydrogens is 360 g/mol. The maximum Gasteiger partial charge on any atom is 0.234 e. The van der Waals surface area contributed by atoms with Crippen LogP contribution in [0.4, 0.5) is 0 Å². The SMILES string of the molecule is CC(NC(C(N)=O)C(C)C)c1ccc(Br)cc1Br. The summed E-state index contributed by atoms with van der Waals surface area (Å²) in [6.07, 6.45) is 0. The van der Waals surface area contributed by atoms with Crippen molar-refractivity contribution >= 4 is 37.8 Å². The highest BCUT2D eigenvalue weighted by molar-refractivity contribution is 9.11. The third-order valence-electron chi connectivity index (χ3n) is 2.83. The Balaban J connectivity index is 2.87. The summed E-state index contributed by atoms with van der Waals surface area (Å²) >= 11 is 6.94. The second-order valence-corrected chi connectivity index (χ2v) is 6.45. The van der Waals surface area contributed by atoms with E-state index in [1.807, 2.05) is 39.0 Å². The minimum atomic E-state index is -0.324. The monoisotopic (exact) mass is 376 g/mol. The van der Waals surface area contributed by atoms with Gasteiger partial charge in [0.1, 0.15) is 0 Å². The molecule has 1 rings (SSSR count). The van der Waals surface area contributed by atoms with Crippen molar-refractivity contribution in [2.45, 2.75) is 32.9 Å². The molecule has 1 amide bonds. The summed E-state index contributed by atoms with van der Waals surface area (Å²) in [5, 5.41) is 3.27. The number of primary amides is 1. The topological polar surface area (TPSA) is 55.1 Å². The predicted molar refractivity (Wildman–Crippen MR) is 81.2 cm³/mol. The molecule has 2 atom stereocenters. The first-order valence-corrected chi connectivity index (χ1v) is 7.41. The molecule has 5 heteroatoms. The van der Waals surface area contributed by atoms with Gasteiger partial charge in [0.15, 0.2) is 0 Å². The van der Waals surface area contributed by atoms with Crippen molar-refractivity contribution in [3.63, 3.8) is 0 Å². The van der Waals surface area contributed by atoms with Crippen LogP contribution >= 0.6 is 31.9 Å². The maximum atomic E-state index is 11.4. The van der Waals surface area contributed by atoms with E-state index in [9.17, 15) is 4.79 Å². The average Bonchev–Trinajstić information content (AvgIpc) is 2.24. The molecular formula is C13H18Br2N2O. The van der Waals surface area contributed by atoms with Gasteiger partial charge in [0.25, 0.3) is 0 Å². The fourth-order valence-corrected chi connectivity index (χ4v) is 3.21. The molecule has 0 aliphatic heterocycles. The summed E-state index contributed by atoms with van der Waals surface area (Å²) < 4.78 is 2.02. The van der Waals surface area contributed by atoms with Gasteiger partial charge in [-0.2, -0.15) is 0 Å². The van der Waals surface area contributed by atoms with E-state index in [-0.39, 0.29) is 23.9 Å². The van der Waals surface area contributed by atoms with Gasteiger partial charge in [0, 0.05) is 15.0 Å². The molecule has 0 saturated carbocycles. The normalized spacial score (nSPS) is 14.6. The van der Waals surface area contributed by atoms with Gasteiger partial charge in [0.05, 0.1) is 6.04 Å². The molecule has 2 unspecified atom stereocenters. The lowest BCUT2D eigenvalue weighted by Crippen LogP contribution is -2.45. The van der Waals surface area contributed by atoms with Crippen LogP contribution in [0.3, 0.4) is 0 Å². The molecule has 0 fully saturated rings. The van der Waals surface area contributed by atoms with E-state index in [1.165, 1.54) is 0 Å². The molecule has 0 saturated heterocycles. The van der Waals surface area contributed by atoms with Gasteiger partial charge in [-0.15, -0.1) is 0 Å². The van der Waals surface area contributed by atoms with Gasteiger partial charge in [-0.1, -0.05) is 51.8 Å². The second kappa shape index (κ2) is 6.68. The number of carbonyl (C=O) groups is 1. The van der Waals surface area contributed by atoms with Crippen LogP contribution in [0, 0.1) is 5.92 Å². The van der Waals surface area contributed by atoms with E-state index >= 15 is 0 Å². The maximum absolute atomic E-state index is 11.4. The summed E-state index contributed by atoms with van der Waals surface area (Å²) in [6, 6.07) is 5.71. The average molecular weight is 378 g/mol. The standard InChI is InChI=1S/C13H18Br2N2O/c1-7(2)12(13(16)18)17-8(3)10-5-4-9(14)6-11(10)15/h4-8,12,17H,1-3H3,(H2,16,18). The molecule has 1 aromatic rings. The van der Waals surface area contributed by atoms with Crippen LogP contribution in [0.5, 0.6) is 0 Å². The highest BCUT2D eigenvalue weighted by Gasteiger charge is 2.22. The number of hydrogen-bond donors (Lipinski definition) is 2. The molecule has 0 bridgehead atoms. The van der Waals surface area contributed by atoms with Crippen molar-refractivity contribution in [2.24, 2.45) is 11.7 Å². The Labute approximate surface area is 125 Å². The number of halogens is 2. The van der Waals surface area contributed by atoms with Crippen LogP contribution in [0.1, 0.15) is 32.4 Å². The zero-order valence-corrected chi connectivity index (χ0v) is 13.9. The Bertz CT molecular complexity index is 435. The van der Waals surface area contributed by atoms with Gasteiger partial charge in [-0.05, 0) is 30.5 Å². The minimum Gasteiger partial charge on any atom is -0.368 e. The van der Waals surface area contributed by atoms with Gasteiger partial charge in [-0.3, -0.25) is 10.1 Å². The number of nitrogens with two attached hydrogens (primary N) is 1. The molecule has 0 spiro atoms. The summed E-state index contributed by atoms with van der Waals surface area (Å²) in [6.45, 7) is 5.98. The minimum absolute atomic E-state index is 0.0485. The van der Waals surface area contributed by atoms with Crippen LogP contribution in [-0.2, 0) is 4.79 Å². The van der Waals surface area contributed by atoms with Crippen LogP contribution in [0.15, 0.2) is 27.1 Å². The van der Waals surface area contributed by atoms with Crippen LogP contribution in [0.2, 0.25) is 0 Å². The van der Waals surface area contributed by atoms with Gasteiger partial charge in [0.2, 0.25) is 5.91 Å². The first kappa shape index (κ1) is 15.7. The van der Waals surface area contributed by atoms with E-state index in [4.69, 9.17) is 5.73 Å². The van der Waals surface area contributed by atoms with Crippen molar-refractivity contribution in [3.8, 4) is 0 Å². The summed E-state index contributed by atoms with van der Waals surface area (Å²) in [7, 11) is 0. The van der Waals surface area contributed by atoms with E-state index in [2.05, 4.69) is 37.2 Å². The van der Waals surface area contributed by atoms with Crippen molar-refractivity contribution in [1.29, 1.82) is 0 Å². The van der Waals surface area contributed by atoms with Crippen molar-refractivity contribution in [1.82, 2.24) is 5.32 Å². The fraction of sp³-hybridized carbons (Fsp3) is 0.462. The molecule has 0 aliphatic rings. The molecule has 1 aromatic carbocycles. The number of benzene rings is 1. The smallest absolute Gasteiger partial charge is 0.234 e. The molecule has 0 radical (unpaired) electrons. The van der Waals surface area contributed by atoms with Crippen LogP contribution in [-0.4, -0.2) is 11.9 Å². The lowest BCUT2D eigenvalue weighted by Gasteiger charge is -2.24. The summed E-state index contributed by atoms with van der Waals surface area (Å²) in [4.78, 5) is 11.4. The highest BCUT2D eigenvalue weighted by atomic mass is 79.9. The van der Waals surface area contributed by atoms with Gasteiger partial charge < -0.3 is 5.73 Å². The molecule has 3 N–H and O–H groups in total. The van der Waals surface area contributed by atoms with Crippen molar-refractivity contribution < 1.29 is 4.79 Å². The quantitative estimate of drug-likeness (QED) is 0.826. The van der Waals surface area contributed by atoms with E-state index in [0.29, 0.717) is 0 Å². The molecule has 100 valence electrons. The lowest BCUT2D eigenvalue weighted by atomic mass is 10.0. The van der Waals surface area contributed by atoms with Gasteiger partial charge >= 0.3 is 0 Å². The summed E-state index contributed by atoms with van der Waals surface area (Å²) in [5.74, 6) is -0.149. The molecule has 0 aliphatic carbocycles. The fourth-order valence-electron chi connectivity index (χ4n) is 1.81. The highest BCUT2D eigenvalue weighted by Crippen LogP contribution is 2.27. The van der Waals surface area contributed by atoms with Crippen molar-refractivity contribution in [3.05, 3.63) is 32.7 Å².